The molecule has 164 valence electrons. The van der Waals surface area contributed by atoms with Gasteiger partial charge in [-0.05, 0) is 38.4 Å². The summed E-state index contributed by atoms with van der Waals surface area (Å²) in [6, 6.07) is 9.37. The molecule has 0 fully saturated rings. The largest absolute Gasteiger partial charge is 0.377 e. The third-order valence-electron chi connectivity index (χ3n) is 5.61. The third kappa shape index (κ3) is 5.79. The van der Waals surface area contributed by atoms with E-state index in [4.69, 9.17) is 4.74 Å². The van der Waals surface area contributed by atoms with Crippen LogP contribution in [0.25, 0.3) is 0 Å². The molecule has 3 rings (SSSR count). The minimum atomic E-state index is 0.267. The van der Waals surface area contributed by atoms with Crippen molar-refractivity contribution < 1.29 is 4.74 Å². The molecule has 2 aromatic rings. The lowest BCUT2D eigenvalue weighted by Crippen LogP contribution is -2.46. The van der Waals surface area contributed by atoms with E-state index in [1.54, 1.807) is 7.11 Å². The van der Waals surface area contributed by atoms with Crippen molar-refractivity contribution in [1.82, 2.24) is 30.3 Å². The summed E-state index contributed by atoms with van der Waals surface area (Å²) in [5, 5.41) is 11.6. The van der Waals surface area contributed by atoms with Crippen molar-refractivity contribution in [3.8, 4) is 0 Å². The van der Waals surface area contributed by atoms with E-state index < -0.39 is 0 Å². The van der Waals surface area contributed by atoms with E-state index in [2.05, 4.69) is 75.8 Å². The van der Waals surface area contributed by atoms with Crippen LogP contribution in [-0.4, -0.2) is 58.9 Å². The van der Waals surface area contributed by atoms with E-state index in [1.165, 1.54) is 11.1 Å². The molecule has 1 atom stereocenters. The van der Waals surface area contributed by atoms with Gasteiger partial charge in [-0.25, -0.2) is 9.67 Å². The summed E-state index contributed by atoms with van der Waals surface area (Å²) < 4.78 is 7.13. The first kappa shape index (κ1) is 22.2. The summed E-state index contributed by atoms with van der Waals surface area (Å²) in [6.45, 7) is 7.34. The monoisotopic (exact) mass is 413 g/mol. The Labute approximate surface area is 179 Å². The van der Waals surface area contributed by atoms with Gasteiger partial charge >= 0.3 is 0 Å². The average Bonchev–Trinajstić information content (AvgIpc) is 3.13. The van der Waals surface area contributed by atoms with Gasteiger partial charge in [0.15, 0.2) is 11.8 Å². The predicted molar refractivity (Wildman–Crippen MR) is 119 cm³/mol. The lowest BCUT2D eigenvalue weighted by Gasteiger charge is -2.26. The van der Waals surface area contributed by atoms with Gasteiger partial charge in [-0.3, -0.25) is 9.89 Å². The van der Waals surface area contributed by atoms with E-state index in [1.807, 2.05) is 11.7 Å². The molecule has 8 heteroatoms. The van der Waals surface area contributed by atoms with Crippen LogP contribution in [0.3, 0.4) is 0 Å². The minimum absolute atomic E-state index is 0.267. The van der Waals surface area contributed by atoms with E-state index in [0.717, 1.165) is 50.1 Å². The number of benzene rings is 1. The Bertz CT molecular complexity index is 846. The molecular weight excluding hydrogens is 378 g/mol. The Hall–Kier alpha value is -2.45. The zero-order valence-corrected chi connectivity index (χ0v) is 18.9. The molecule has 0 radical (unpaired) electrons. The topological polar surface area (TPSA) is 79.6 Å². The van der Waals surface area contributed by atoms with Crippen molar-refractivity contribution in [3.05, 3.63) is 47.0 Å². The first-order valence-electron chi connectivity index (χ1n) is 10.7. The van der Waals surface area contributed by atoms with Gasteiger partial charge in [0.2, 0.25) is 0 Å². The van der Waals surface area contributed by atoms with E-state index in [9.17, 15) is 0 Å². The van der Waals surface area contributed by atoms with Crippen molar-refractivity contribution in [2.45, 2.75) is 65.0 Å². The molecule has 0 spiro atoms. The molecule has 1 aromatic carbocycles. The molecule has 0 saturated heterocycles. The van der Waals surface area contributed by atoms with Gasteiger partial charge in [0.05, 0.1) is 6.54 Å². The van der Waals surface area contributed by atoms with Crippen molar-refractivity contribution in [3.63, 3.8) is 0 Å². The highest BCUT2D eigenvalue weighted by molar-refractivity contribution is 5.80. The fourth-order valence-electron chi connectivity index (χ4n) is 3.57. The minimum Gasteiger partial charge on any atom is -0.377 e. The first-order valence-corrected chi connectivity index (χ1v) is 10.7. The molecule has 0 amide bonds. The Balaban J connectivity index is 1.57. The molecule has 1 aliphatic rings. The maximum atomic E-state index is 5.15. The van der Waals surface area contributed by atoms with Crippen molar-refractivity contribution >= 4 is 5.96 Å². The Morgan fingerprint density at radius 1 is 1.33 bits per heavy atom. The molecule has 0 saturated carbocycles. The molecule has 1 aliphatic heterocycles. The zero-order valence-electron chi connectivity index (χ0n) is 18.9. The van der Waals surface area contributed by atoms with Crippen LogP contribution in [-0.2, 0) is 37.4 Å². The van der Waals surface area contributed by atoms with E-state index >= 15 is 0 Å². The highest BCUT2D eigenvalue weighted by atomic mass is 16.5. The number of fused-ring (bicyclic) bond motifs is 1. The zero-order chi connectivity index (χ0) is 21.5. The van der Waals surface area contributed by atoms with Gasteiger partial charge in [0.25, 0.3) is 0 Å². The average molecular weight is 414 g/mol. The van der Waals surface area contributed by atoms with Gasteiger partial charge in [-0.1, -0.05) is 24.3 Å². The lowest BCUT2D eigenvalue weighted by atomic mass is 10.1. The van der Waals surface area contributed by atoms with Gasteiger partial charge < -0.3 is 15.4 Å². The summed E-state index contributed by atoms with van der Waals surface area (Å²) in [7, 11) is 5.64. The highest BCUT2D eigenvalue weighted by Crippen LogP contribution is 2.14. The second kappa shape index (κ2) is 10.5. The molecular formula is C22H35N7O. The number of aliphatic imine (C=N–C) groups is 1. The summed E-state index contributed by atoms with van der Waals surface area (Å²) >= 11 is 0. The van der Waals surface area contributed by atoms with Crippen molar-refractivity contribution in [2.24, 2.45) is 4.99 Å². The standard InChI is InChI=1S/C22H35N7O/c1-16(2)28(4)13-18-9-7-6-8-17(18)12-24-22(23-3)25-19-10-11-21-26-20(15-30-5)27-29(21)14-19/h6-9,16,19H,10-15H2,1-5H3,(H2,23,24,25). The second-order valence-electron chi connectivity index (χ2n) is 8.14. The van der Waals surface area contributed by atoms with E-state index in [0.29, 0.717) is 12.6 Å². The van der Waals surface area contributed by atoms with Crippen molar-refractivity contribution in [2.75, 3.05) is 21.2 Å². The summed E-state index contributed by atoms with van der Waals surface area (Å²) in [6.07, 6.45) is 1.90. The van der Waals surface area contributed by atoms with Crippen LogP contribution < -0.4 is 10.6 Å². The van der Waals surface area contributed by atoms with Crippen LogP contribution in [0.1, 0.15) is 43.0 Å². The number of aromatic nitrogens is 3. The molecule has 0 bridgehead atoms. The Kier molecular flexibility index (Phi) is 7.81. The van der Waals surface area contributed by atoms with Gasteiger partial charge in [-0.15, -0.1) is 0 Å². The summed E-state index contributed by atoms with van der Waals surface area (Å²) in [4.78, 5) is 11.3. The van der Waals surface area contributed by atoms with Gasteiger partial charge in [0.1, 0.15) is 12.4 Å². The number of guanidine groups is 1. The van der Waals surface area contributed by atoms with Crippen molar-refractivity contribution in [1.29, 1.82) is 0 Å². The normalized spacial score (nSPS) is 16.8. The van der Waals surface area contributed by atoms with Gasteiger partial charge in [-0.2, -0.15) is 5.10 Å². The number of hydrogen-bond acceptors (Lipinski definition) is 5. The SMILES string of the molecule is CN=C(NCc1ccccc1CN(C)C(C)C)NC1CCc2nc(COC)nn2C1. The third-order valence-corrected chi connectivity index (χ3v) is 5.61. The molecule has 0 aliphatic carbocycles. The molecule has 2 N–H and O–H groups in total. The Morgan fingerprint density at radius 2 is 2.10 bits per heavy atom. The number of hydrogen-bond donors (Lipinski definition) is 2. The lowest BCUT2D eigenvalue weighted by molar-refractivity contribution is 0.177. The predicted octanol–water partition coefficient (Wildman–Crippen LogP) is 1.94. The number of aryl methyl sites for hydroxylation is 1. The molecule has 30 heavy (non-hydrogen) atoms. The molecule has 1 unspecified atom stereocenters. The smallest absolute Gasteiger partial charge is 0.191 e. The molecule has 2 heterocycles. The van der Waals surface area contributed by atoms with Gasteiger partial charge in [0, 0.05) is 45.8 Å². The maximum absolute atomic E-state index is 5.15. The first-order chi connectivity index (χ1) is 14.5. The van der Waals surface area contributed by atoms with Crippen LogP contribution in [0.5, 0.6) is 0 Å². The summed E-state index contributed by atoms with van der Waals surface area (Å²) in [5.41, 5.74) is 2.63. The van der Waals surface area contributed by atoms with E-state index in [-0.39, 0.29) is 6.04 Å². The maximum Gasteiger partial charge on any atom is 0.191 e. The molecule has 8 nitrogen and oxygen atoms in total. The quantitative estimate of drug-likeness (QED) is 0.509. The second-order valence-corrected chi connectivity index (χ2v) is 8.14. The molecule has 1 aromatic heterocycles. The number of rotatable bonds is 8. The number of methoxy groups -OCH3 is 1. The van der Waals surface area contributed by atoms with Crippen LogP contribution in [0.15, 0.2) is 29.3 Å². The number of ether oxygens (including phenoxy) is 1. The van der Waals surface area contributed by atoms with Crippen LogP contribution in [0, 0.1) is 0 Å². The fourth-order valence-corrected chi connectivity index (χ4v) is 3.57. The highest BCUT2D eigenvalue weighted by Gasteiger charge is 2.22. The van der Waals surface area contributed by atoms with Crippen LogP contribution in [0.4, 0.5) is 0 Å². The summed E-state index contributed by atoms with van der Waals surface area (Å²) in [5.74, 6) is 2.59. The Morgan fingerprint density at radius 3 is 2.80 bits per heavy atom. The van der Waals surface area contributed by atoms with Crippen LogP contribution >= 0.6 is 0 Å². The number of nitrogens with zero attached hydrogens (tertiary/aromatic N) is 5. The fraction of sp³-hybridized carbons (Fsp3) is 0.591. The number of nitrogens with one attached hydrogen (secondary N) is 2. The van der Waals surface area contributed by atoms with Crippen LogP contribution in [0.2, 0.25) is 0 Å².